The fourth-order valence-electron chi connectivity index (χ4n) is 2.82. The first-order chi connectivity index (χ1) is 13.3. The average Bonchev–Trinajstić information content (AvgIpc) is 3.14. The fourth-order valence-corrected chi connectivity index (χ4v) is 4.23. The van der Waals surface area contributed by atoms with Gasteiger partial charge < -0.3 is 0 Å². The molecule has 0 fully saturated rings. The van der Waals surface area contributed by atoms with E-state index in [0.29, 0.717) is 31.5 Å². The van der Waals surface area contributed by atoms with Gasteiger partial charge in [-0.1, -0.05) is 58.0 Å². The summed E-state index contributed by atoms with van der Waals surface area (Å²) in [6.45, 7) is 9.85. The van der Waals surface area contributed by atoms with Gasteiger partial charge in [-0.25, -0.2) is 4.98 Å². The lowest BCUT2D eigenvalue weighted by Crippen LogP contribution is -2.44. The van der Waals surface area contributed by atoms with E-state index in [9.17, 15) is 8.42 Å². The van der Waals surface area contributed by atoms with Gasteiger partial charge in [0.15, 0.2) is 0 Å². The Kier molecular flexibility index (Phi) is 8.59. The predicted molar refractivity (Wildman–Crippen MR) is 112 cm³/mol. The summed E-state index contributed by atoms with van der Waals surface area (Å²) in [5, 5.41) is 4.13. The Hall–Kier alpha value is -1.77. The van der Waals surface area contributed by atoms with Gasteiger partial charge in [-0.05, 0) is 30.2 Å². The average molecular weight is 408 g/mol. The first kappa shape index (κ1) is 22.5. The third kappa shape index (κ3) is 7.33. The SMILES string of the molecule is CC(C)CCN(CCC(C)C)S(=O)(=O)NC(Cn1cncn1)c1ccccc1. The van der Waals surface area contributed by atoms with Gasteiger partial charge in [-0.15, -0.1) is 0 Å². The Morgan fingerprint density at radius 2 is 1.64 bits per heavy atom. The third-order valence-electron chi connectivity index (χ3n) is 4.58. The maximum atomic E-state index is 13.2. The van der Waals surface area contributed by atoms with Crippen LogP contribution in [-0.2, 0) is 16.8 Å². The molecule has 0 radical (unpaired) electrons. The number of benzene rings is 1. The first-order valence-corrected chi connectivity index (χ1v) is 11.4. The Morgan fingerprint density at radius 3 is 2.14 bits per heavy atom. The molecule has 1 atom stereocenters. The maximum absolute atomic E-state index is 13.2. The van der Waals surface area contributed by atoms with E-state index in [-0.39, 0.29) is 0 Å². The van der Waals surface area contributed by atoms with Crippen molar-refractivity contribution < 1.29 is 8.42 Å². The van der Waals surface area contributed by atoms with Crippen LogP contribution in [0.5, 0.6) is 0 Å². The molecular weight excluding hydrogens is 374 g/mol. The van der Waals surface area contributed by atoms with Crippen molar-refractivity contribution in [3.63, 3.8) is 0 Å². The van der Waals surface area contributed by atoms with Crippen molar-refractivity contribution in [3.8, 4) is 0 Å². The Labute approximate surface area is 169 Å². The topological polar surface area (TPSA) is 80.1 Å². The molecule has 7 nitrogen and oxygen atoms in total. The maximum Gasteiger partial charge on any atom is 0.280 e. The van der Waals surface area contributed by atoms with Crippen LogP contribution in [0, 0.1) is 11.8 Å². The highest BCUT2D eigenvalue weighted by atomic mass is 32.2. The summed E-state index contributed by atoms with van der Waals surface area (Å²) in [5.41, 5.74) is 0.897. The van der Waals surface area contributed by atoms with Gasteiger partial charge in [0.1, 0.15) is 12.7 Å². The van der Waals surface area contributed by atoms with Crippen LogP contribution in [0.4, 0.5) is 0 Å². The monoisotopic (exact) mass is 407 g/mol. The van der Waals surface area contributed by atoms with Gasteiger partial charge in [0.2, 0.25) is 0 Å². The molecule has 0 amide bonds. The van der Waals surface area contributed by atoms with Crippen molar-refractivity contribution in [3.05, 3.63) is 48.5 Å². The van der Waals surface area contributed by atoms with E-state index < -0.39 is 16.3 Å². The van der Waals surface area contributed by atoms with Gasteiger partial charge in [0.25, 0.3) is 10.2 Å². The highest BCUT2D eigenvalue weighted by Crippen LogP contribution is 2.18. The lowest BCUT2D eigenvalue weighted by molar-refractivity contribution is 0.346. The van der Waals surface area contributed by atoms with Crippen LogP contribution in [0.2, 0.25) is 0 Å². The normalized spacial score (nSPS) is 13.5. The van der Waals surface area contributed by atoms with E-state index in [0.717, 1.165) is 18.4 Å². The summed E-state index contributed by atoms with van der Waals surface area (Å²) >= 11 is 0. The number of hydrogen-bond donors (Lipinski definition) is 1. The van der Waals surface area contributed by atoms with Crippen molar-refractivity contribution in [2.24, 2.45) is 11.8 Å². The predicted octanol–water partition coefficient (Wildman–Crippen LogP) is 3.25. The number of hydrogen-bond acceptors (Lipinski definition) is 4. The quantitative estimate of drug-likeness (QED) is 0.586. The van der Waals surface area contributed by atoms with E-state index in [4.69, 9.17) is 0 Å². The van der Waals surface area contributed by atoms with Crippen molar-refractivity contribution in [1.82, 2.24) is 23.8 Å². The van der Waals surface area contributed by atoms with Gasteiger partial charge in [0, 0.05) is 13.1 Å². The molecule has 1 N–H and O–H groups in total. The van der Waals surface area contributed by atoms with E-state index in [1.54, 1.807) is 15.3 Å². The molecule has 8 heteroatoms. The van der Waals surface area contributed by atoms with Crippen LogP contribution in [0.25, 0.3) is 0 Å². The van der Waals surface area contributed by atoms with Crippen molar-refractivity contribution >= 4 is 10.2 Å². The number of nitrogens with zero attached hydrogens (tertiary/aromatic N) is 4. The lowest BCUT2D eigenvalue weighted by Gasteiger charge is -2.27. The molecule has 0 aliphatic rings. The smallest absolute Gasteiger partial charge is 0.251 e. The molecule has 2 rings (SSSR count). The summed E-state index contributed by atoms with van der Waals surface area (Å²) in [6, 6.07) is 9.17. The van der Waals surface area contributed by atoms with Crippen LogP contribution in [0.15, 0.2) is 43.0 Å². The molecule has 1 heterocycles. The first-order valence-electron chi connectivity index (χ1n) is 9.92. The second-order valence-electron chi connectivity index (χ2n) is 7.97. The van der Waals surface area contributed by atoms with Gasteiger partial charge in [-0.3, -0.25) is 4.68 Å². The highest BCUT2D eigenvalue weighted by molar-refractivity contribution is 7.87. The molecule has 0 saturated heterocycles. The van der Waals surface area contributed by atoms with Crippen LogP contribution in [0.3, 0.4) is 0 Å². The molecule has 0 spiro atoms. The number of aromatic nitrogens is 3. The van der Waals surface area contributed by atoms with Crippen molar-refractivity contribution in [1.29, 1.82) is 0 Å². The Morgan fingerprint density at radius 1 is 1.04 bits per heavy atom. The van der Waals surface area contributed by atoms with Crippen LogP contribution >= 0.6 is 0 Å². The zero-order valence-electron chi connectivity index (χ0n) is 17.3. The molecule has 0 aliphatic carbocycles. The van der Waals surface area contributed by atoms with E-state index >= 15 is 0 Å². The van der Waals surface area contributed by atoms with Crippen LogP contribution in [0.1, 0.15) is 52.1 Å². The summed E-state index contributed by atoms with van der Waals surface area (Å²) in [6.07, 6.45) is 4.71. The van der Waals surface area contributed by atoms with E-state index in [1.165, 1.54) is 6.33 Å². The van der Waals surface area contributed by atoms with E-state index in [1.807, 2.05) is 30.3 Å². The molecule has 0 saturated carbocycles. The Bertz CT molecular complexity index is 764. The van der Waals surface area contributed by atoms with Gasteiger partial charge >= 0.3 is 0 Å². The second kappa shape index (κ2) is 10.7. The second-order valence-corrected chi connectivity index (χ2v) is 9.67. The molecule has 0 aliphatic heterocycles. The van der Waals surface area contributed by atoms with E-state index in [2.05, 4.69) is 42.5 Å². The Balaban J connectivity index is 2.21. The minimum Gasteiger partial charge on any atom is -0.251 e. The number of rotatable bonds is 12. The van der Waals surface area contributed by atoms with Gasteiger partial charge in [0.05, 0.1) is 12.6 Å². The third-order valence-corrected chi connectivity index (χ3v) is 6.21. The standard InChI is InChI=1S/C20H33N5O2S/c1-17(2)10-12-25(13-11-18(3)4)28(26,27)23-20(14-24-16-21-15-22-24)19-8-6-5-7-9-19/h5-9,15-18,20,23H,10-14H2,1-4H3. The van der Waals surface area contributed by atoms with Gasteiger partial charge in [-0.2, -0.15) is 22.5 Å². The molecule has 1 aromatic carbocycles. The molecule has 28 heavy (non-hydrogen) atoms. The zero-order valence-corrected chi connectivity index (χ0v) is 18.1. The molecule has 1 aromatic heterocycles. The molecule has 1 unspecified atom stereocenters. The molecule has 0 bridgehead atoms. The molecule has 2 aromatic rings. The summed E-state index contributed by atoms with van der Waals surface area (Å²) in [7, 11) is -3.64. The summed E-state index contributed by atoms with van der Waals surface area (Å²) in [5.74, 6) is 0.883. The lowest BCUT2D eigenvalue weighted by atomic mass is 10.1. The van der Waals surface area contributed by atoms with Crippen LogP contribution in [-0.4, -0.2) is 40.6 Å². The minimum absolute atomic E-state index is 0.380. The number of nitrogens with one attached hydrogen (secondary N) is 1. The summed E-state index contributed by atoms with van der Waals surface area (Å²) in [4.78, 5) is 3.96. The largest absolute Gasteiger partial charge is 0.280 e. The molecular formula is C20H33N5O2S. The minimum atomic E-state index is -3.64. The molecule has 156 valence electrons. The highest BCUT2D eigenvalue weighted by Gasteiger charge is 2.26. The van der Waals surface area contributed by atoms with Crippen LogP contribution < -0.4 is 4.72 Å². The zero-order chi connectivity index (χ0) is 20.6. The van der Waals surface area contributed by atoms with Crippen molar-refractivity contribution in [2.45, 2.75) is 53.1 Å². The van der Waals surface area contributed by atoms with Crippen molar-refractivity contribution in [2.75, 3.05) is 13.1 Å². The fraction of sp³-hybridized carbons (Fsp3) is 0.600. The summed E-state index contributed by atoms with van der Waals surface area (Å²) < 4.78 is 32.6.